The Hall–Kier alpha value is -0.570. The maximum atomic E-state index is 11.1. The van der Waals surface area contributed by atoms with Crippen LogP contribution in [0, 0.1) is 5.41 Å². The van der Waals surface area contributed by atoms with Crippen LogP contribution in [0.5, 0.6) is 0 Å². The maximum Gasteiger partial charge on any atom is 0.219 e. The summed E-state index contributed by atoms with van der Waals surface area (Å²) >= 11 is 0. The van der Waals surface area contributed by atoms with Crippen LogP contribution in [-0.4, -0.2) is 29.9 Å². The Morgan fingerprint density at radius 1 is 1.38 bits per heavy atom. The second-order valence-electron chi connectivity index (χ2n) is 4.67. The van der Waals surface area contributed by atoms with Gasteiger partial charge in [0.2, 0.25) is 5.91 Å². The van der Waals surface area contributed by atoms with Crippen molar-refractivity contribution < 1.29 is 4.79 Å². The van der Waals surface area contributed by atoms with E-state index in [1.54, 1.807) is 6.92 Å². The molecule has 0 aromatic carbocycles. The van der Waals surface area contributed by atoms with E-state index in [4.69, 9.17) is 5.73 Å². The zero-order chi connectivity index (χ0) is 9.47. The van der Waals surface area contributed by atoms with Gasteiger partial charge in [0.05, 0.1) is 0 Å². The minimum atomic E-state index is 0.221. The summed E-state index contributed by atoms with van der Waals surface area (Å²) in [5.74, 6) is 0.221. The van der Waals surface area contributed by atoms with E-state index in [2.05, 4.69) is 0 Å². The van der Waals surface area contributed by atoms with Crippen molar-refractivity contribution in [3.8, 4) is 0 Å². The Morgan fingerprint density at radius 2 is 1.92 bits per heavy atom. The minimum absolute atomic E-state index is 0.221. The number of hydrogen-bond acceptors (Lipinski definition) is 2. The summed E-state index contributed by atoms with van der Waals surface area (Å²) < 4.78 is 0. The third-order valence-corrected chi connectivity index (χ3v) is 3.66. The lowest BCUT2D eigenvalue weighted by Gasteiger charge is -2.51. The molecule has 1 aliphatic heterocycles. The molecule has 0 radical (unpaired) electrons. The number of amides is 1. The molecule has 1 amide bonds. The summed E-state index contributed by atoms with van der Waals surface area (Å²) in [7, 11) is 0. The molecule has 0 atom stereocenters. The van der Waals surface area contributed by atoms with E-state index in [1.807, 2.05) is 4.90 Å². The molecule has 1 aliphatic carbocycles. The average Bonchev–Trinajstić information content (AvgIpc) is 2.03. The number of likely N-dealkylation sites (tertiary alicyclic amines) is 1. The Labute approximate surface area is 79.3 Å². The van der Waals surface area contributed by atoms with Crippen molar-refractivity contribution in [2.75, 3.05) is 13.1 Å². The van der Waals surface area contributed by atoms with Crippen molar-refractivity contribution >= 4 is 5.91 Å². The van der Waals surface area contributed by atoms with Gasteiger partial charge in [0, 0.05) is 26.1 Å². The van der Waals surface area contributed by atoms with Gasteiger partial charge >= 0.3 is 0 Å². The van der Waals surface area contributed by atoms with Gasteiger partial charge in [-0.15, -0.1) is 0 Å². The van der Waals surface area contributed by atoms with Gasteiger partial charge in [-0.2, -0.15) is 0 Å². The van der Waals surface area contributed by atoms with Gasteiger partial charge in [0.1, 0.15) is 0 Å². The Balaban J connectivity index is 1.86. The summed E-state index contributed by atoms with van der Waals surface area (Å²) in [6.45, 7) is 3.55. The number of piperidine rings is 1. The van der Waals surface area contributed by atoms with Crippen LogP contribution in [0.15, 0.2) is 0 Å². The molecule has 2 fully saturated rings. The molecule has 3 heteroatoms. The topological polar surface area (TPSA) is 46.3 Å². The predicted octanol–water partition coefficient (Wildman–Crippen LogP) is 0.736. The molecule has 2 rings (SSSR count). The smallest absolute Gasteiger partial charge is 0.219 e. The number of nitrogens with zero attached hydrogens (tertiary/aromatic N) is 1. The molecule has 0 aromatic rings. The van der Waals surface area contributed by atoms with E-state index in [9.17, 15) is 4.79 Å². The highest BCUT2D eigenvalue weighted by atomic mass is 16.2. The fourth-order valence-corrected chi connectivity index (χ4v) is 2.76. The molecule has 13 heavy (non-hydrogen) atoms. The van der Waals surface area contributed by atoms with Gasteiger partial charge < -0.3 is 10.6 Å². The number of rotatable bonds is 0. The van der Waals surface area contributed by atoms with Crippen molar-refractivity contribution in [1.82, 2.24) is 4.90 Å². The first-order valence-corrected chi connectivity index (χ1v) is 5.12. The van der Waals surface area contributed by atoms with Crippen molar-refractivity contribution in [3.63, 3.8) is 0 Å². The Bertz CT molecular complexity index is 211. The predicted molar refractivity (Wildman–Crippen MR) is 51.1 cm³/mol. The molecule has 1 heterocycles. The van der Waals surface area contributed by atoms with Crippen molar-refractivity contribution in [3.05, 3.63) is 0 Å². The van der Waals surface area contributed by atoms with Gasteiger partial charge in [-0.3, -0.25) is 4.79 Å². The summed E-state index contributed by atoms with van der Waals surface area (Å²) in [4.78, 5) is 13.0. The molecule has 0 aromatic heterocycles. The van der Waals surface area contributed by atoms with Gasteiger partial charge in [0.25, 0.3) is 0 Å². The van der Waals surface area contributed by atoms with Crippen LogP contribution in [0.3, 0.4) is 0 Å². The van der Waals surface area contributed by atoms with Gasteiger partial charge in [0.15, 0.2) is 0 Å². The van der Waals surface area contributed by atoms with Crippen LogP contribution in [0.1, 0.15) is 32.6 Å². The molecular weight excluding hydrogens is 164 g/mol. The molecule has 1 spiro atoms. The fourth-order valence-electron chi connectivity index (χ4n) is 2.76. The van der Waals surface area contributed by atoms with Crippen molar-refractivity contribution in [2.45, 2.75) is 38.6 Å². The van der Waals surface area contributed by atoms with E-state index >= 15 is 0 Å². The van der Waals surface area contributed by atoms with Crippen LogP contribution < -0.4 is 5.73 Å². The number of carbonyl (C=O) groups is 1. The summed E-state index contributed by atoms with van der Waals surface area (Å²) in [6, 6.07) is 0.434. The average molecular weight is 182 g/mol. The van der Waals surface area contributed by atoms with Gasteiger partial charge in [-0.1, -0.05) is 0 Å². The highest BCUT2D eigenvalue weighted by Crippen LogP contribution is 2.48. The normalized spacial score (nSPS) is 27.4. The summed E-state index contributed by atoms with van der Waals surface area (Å²) in [5.41, 5.74) is 6.32. The van der Waals surface area contributed by atoms with Crippen LogP contribution >= 0.6 is 0 Å². The maximum absolute atomic E-state index is 11.1. The zero-order valence-corrected chi connectivity index (χ0v) is 8.25. The lowest BCUT2D eigenvalue weighted by Crippen LogP contribution is -2.52. The van der Waals surface area contributed by atoms with Gasteiger partial charge in [-0.25, -0.2) is 0 Å². The molecule has 74 valence electrons. The van der Waals surface area contributed by atoms with E-state index in [1.165, 1.54) is 25.7 Å². The van der Waals surface area contributed by atoms with Crippen molar-refractivity contribution in [1.29, 1.82) is 0 Å². The second-order valence-corrected chi connectivity index (χ2v) is 4.67. The second kappa shape index (κ2) is 2.98. The molecule has 0 unspecified atom stereocenters. The largest absolute Gasteiger partial charge is 0.343 e. The molecule has 3 nitrogen and oxygen atoms in total. The fraction of sp³-hybridized carbons (Fsp3) is 0.900. The lowest BCUT2D eigenvalue weighted by molar-refractivity contribution is -0.132. The Kier molecular flexibility index (Phi) is 2.06. The Morgan fingerprint density at radius 3 is 2.31 bits per heavy atom. The first kappa shape index (κ1) is 9.00. The van der Waals surface area contributed by atoms with Crippen LogP contribution in [0.2, 0.25) is 0 Å². The monoisotopic (exact) mass is 182 g/mol. The number of hydrogen-bond donors (Lipinski definition) is 1. The van der Waals surface area contributed by atoms with Crippen LogP contribution in [0.4, 0.5) is 0 Å². The number of nitrogens with two attached hydrogens (primary N) is 1. The first-order valence-electron chi connectivity index (χ1n) is 5.12. The SMILES string of the molecule is CC(=O)N1CCC2(CC1)CC(N)C2. The third-order valence-electron chi connectivity index (χ3n) is 3.66. The van der Waals surface area contributed by atoms with Crippen molar-refractivity contribution in [2.24, 2.45) is 11.1 Å². The van der Waals surface area contributed by atoms with Crippen LogP contribution in [-0.2, 0) is 4.79 Å². The molecule has 2 N–H and O–H groups in total. The van der Waals surface area contributed by atoms with Gasteiger partial charge in [-0.05, 0) is 31.1 Å². The molecule has 0 bridgehead atoms. The van der Waals surface area contributed by atoms with E-state index < -0.39 is 0 Å². The number of carbonyl (C=O) groups excluding carboxylic acids is 1. The van der Waals surface area contributed by atoms with E-state index in [0.29, 0.717) is 11.5 Å². The standard InChI is InChI=1S/C10H18N2O/c1-8(13)12-4-2-10(3-5-12)6-9(11)7-10/h9H,2-7,11H2,1H3. The minimum Gasteiger partial charge on any atom is -0.343 e. The zero-order valence-electron chi connectivity index (χ0n) is 8.25. The van der Waals surface area contributed by atoms with Crippen LogP contribution in [0.25, 0.3) is 0 Å². The lowest BCUT2D eigenvalue weighted by atomic mass is 9.61. The highest BCUT2D eigenvalue weighted by Gasteiger charge is 2.44. The van der Waals surface area contributed by atoms with E-state index in [-0.39, 0.29) is 5.91 Å². The molecule has 2 aliphatic rings. The van der Waals surface area contributed by atoms with E-state index in [0.717, 1.165) is 13.1 Å². The summed E-state index contributed by atoms with van der Waals surface area (Å²) in [5, 5.41) is 0. The summed E-state index contributed by atoms with van der Waals surface area (Å²) in [6.07, 6.45) is 4.69. The first-order chi connectivity index (χ1) is 6.11. The quantitative estimate of drug-likeness (QED) is 0.600. The molecule has 1 saturated carbocycles. The third kappa shape index (κ3) is 1.57. The molecule has 1 saturated heterocycles. The highest BCUT2D eigenvalue weighted by molar-refractivity contribution is 5.73. The molecular formula is C10H18N2O.